The third kappa shape index (κ3) is 5.46. The minimum absolute atomic E-state index is 0.130. The van der Waals surface area contributed by atoms with Gasteiger partial charge in [0.15, 0.2) is 0 Å². The van der Waals surface area contributed by atoms with Crippen molar-refractivity contribution in [3.63, 3.8) is 0 Å². The molecule has 1 unspecified atom stereocenters. The van der Waals surface area contributed by atoms with E-state index >= 15 is 0 Å². The molecule has 0 aromatic heterocycles. The van der Waals surface area contributed by atoms with Crippen molar-refractivity contribution in [3.8, 4) is 0 Å². The van der Waals surface area contributed by atoms with Crippen LogP contribution < -0.4 is 5.73 Å². The minimum Gasteiger partial charge on any atom is -0.460 e. The molecule has 4 nitrogen and oxygen atoms in total. The third-order valence-electron chi connectivity index (χ3n) is 1.28. The van der Waals surface area contributed by atoms with Crippen molar-refractivity contribution in [3.05, 3.63) is 12.2 Å². The molecule has 0 aliphatic carbocycles. The molecule has 0 aliphatic rings. The van der Waals surface area contributed by atoms with Gasteiger partial charge in [0.25, 0.3) is 0 Å². The highest BCUT2D eigenvalue weighted by Crippen LogP contribution is 1.96. The van der Waals surface area contributed by atoms with Crippen molar-refractivity contribution in [2.75, 3.05) is 0 Å². The molecular weight excluding hydrogens is 158 g/mol. The van der Waals surface area contributed by atoms with Gasteiger partial charge in [0.05, 0.1) is 6.10 Å². The Morgan fingerprint density at radius 1 is 1.50 bits per heavy atom. The number of amides is 1. The maximum Gasteiger partial charge on any atom is 0.331 e. The number of carbonyl (C=O) groups excluding carboxylic acids is 2. The van der Waals surface area contributed by atoms with Crippen molar-refractivity contribution in [1.82, 2.24) is 0 Å². The predicted molar refractivity (Wildman–Crippen MR) is 44.2 cm³/mol. The van der Waals surface area contributed by atoms with Crippen LogP contribution in [0.5, 0.6) is 0 Å². The largest absolute Gasteiger partial charge is 0.460 e. The van der Waals surface area contributed by atoms with Gasteiger partial charge in [-0.05, 0) is 13.3 Å². The van der Waals surface area contributed by atoms with Crippen molar-refractivity contribution >= 4 is 11.9 Å². The monoisotopic (exact) mass is 171 g/mol. The number of ether oxygens (including phenoxy) is 1. The maximum absolute atomic E-state index is 10.8. The smallest absolute Gasteiger partial charge is 0.331 e. The summed E-state index contributed by atoms with van der Waals surface area (Å²) >= 11 is 0. The van der Waals surface area contributed by atoms with E-state index < -0.39 is 11.9 Å². The topological polar surface area (TPSA) is 69.4 Å². The number of primary amides is 1. The summed E-state index contributed by atoms with van der Waals surface area (Å²) < 4.78 is 4.82. The van der Waals surface area contributed by atoms with Crippen molar-refractivity contribution in [2.45, 2.75) is 26.4 Å². The minimum atomic E-state index is -0.656. The lowest BCUT2D eigenvalue weighted by Crippen LogP contribution is -2.13. The zero-order valence-corrected chi connectivity index (χ0v) is 7.24. The second-order valence-corrected chi connectivity index (χ2v) is 2.39. The van der Waals surface area contributed by atoms with E-state index in [2.05, 4.69) is 0 Å². The first kappa shape index (κ1) is 10.7. The Labute approximate surface area is 71.4 Å². The highest BCUT2D eigenvalue weighted by molar-refractivity contribution is 5.93. The first-order chi connectivity index (χ1) is 5.56. The maximum atomic E-state index is 10.8. The summed E-state index contributed by atoms with van der Waals surface area (Å²) in [5, 5.41) is 0. The number of esters is 1. The van der Waals surface area contributed by atoms with Gasteiger partial charge in [-0.25, -0.2) is 4.79 Å². The number of rotatable bonds is 4. The fourth-order valence-corrected chi connectivity index (χ4v) is 0.471. The van der Waals surface area contributed by atoms with Crippen molar-refractivity contribution < 1.29 is 14.3 Å². The van der Waals surface area contributed by atoms with E-state index in [1.54, 1.807) is 6.92 Å². The zero-order chi connectivity index (χ0) is 9.56. The summed E-state index contributed by atoms with van der Waals surface area (Å²) in [6.45, 7) is 3.67. The fraction of sp³-hybridized carbons (Fsp3) is 0.500. The van der Waals surface area contributed by atoms with Gasteiger partial charge < -0.3 is 10.5 Å². The van der Waals surface area contributed by atoms with Crippen LogP contribution in [0.4, 0.5) is 0 Å². The standard InChI is InChI=1S/C8H13NO3/c1-3-6(2)12-8(11)5-4-7(9)10/h4-6H,3H2,1-2H3,(H2,9,10). The Kier molecular flexibility index (Phi) is 4.76. The predicted octanol–water partition coefficient (Wildman–Crippen LogP) is 0.370. The quantitative estimate of drug-likeness (QED) is 0.490. The summed E-state index contributed by atoms with van der Waals surface area (Å²) in [6.07, 6.45) is 2.62. The molecule has 12 heavy (non-hydrogen) atoms. The van der Waals surface area contributed by atoms with Crippen LogP contribution in [0.2, 0.25) is 0 Å². The molecule has 4 heteroatoms. The molecule has 0 saturated carbocycles. The van der Waals surface area contributed by atoms with Crippen LogP contribution in [-0.4, -0.2) is 18.0 Å². The SMILES string of the molecule is CCC(C)OC(=O)C=CC(N)=O. The van der Waals surface area contributed by atoms with Crippen LogP contribution in [0.1, 0.15) is 20.3 Å². The van der Waals surface area contributed by atoms with Gasteiger partial charge in [-0.15, -0.1) is 0 Å². The molecule has 0 saturated heterocycles. The molecule has 2 N–H and O–H groups in total. The molecule has 0 heterocycles. The molecule has 0 spiro atoms. The molecule has 1 atom stereocenters. The number of nitrogens with two attached hydrogens (primary N) is 1. The molecule has 0 aromatic carbocycles. The van der Waals surface area contributed by atoms with Gasteiger partial charge in [-0.2, -0.15) is 0 Å². The third-order valence-corrected chi connectivity index (χ3v) is 1.28. The van der Waals surface area contributed by atoms with E-state index in [0.717, 1.165) is 18.6 Å². The van der Waals surface area contributed by atoms with E-state index in [1.165, 1.54) is 0 Å². The molecule has 0 bridgehead atoms. The molecule has 68 valence electrons. The van der Waals surface area contributed by atoms with Crippen molar-refractivity contribution in [1.29, 1.82) is 0 Å². The lowest BCUT2D eigenvalue weighted by Gasteiger charge is -2.07. The average Bonchev–Trinajstić information content (AvgIpc) is 2.00. The van der Waals surface area contributed by atoms with Gasteiger partial charge in [0.1, 0.15) is 0 Å². The lowest BCUT2D eigenvalue weighted by molar-refractivity contribution is -0.142. The van der Waals surface area contributed by atoms with E-state index in [-0.39, 0.29) is 6.10 Å². The van der Waals surface area contributed by atoms with E-state index in [1.807, 2.05) is 6.92 Å². The Bertz CT molecular complexity index is 198. The van der Waals surface area contributed by atoms with Gasteiger partial charge in [0.2, 0.25) is 5.91 Å². The molecule has 1 amide bonds. The van der Waals surface area contributed by atoms with E-state index in [9.17, 15) is 9.59 Å². The summed E-state index contributed by atoms with van der Waals surface area (Å²) in [5.41, 5.74) is 4.77. The van der Waals surface area contributed by atoms with E-state index in [0.29, 0.717) is 0 Å². The number of hydrogen-bond donors (Lipinski definition) is 1. The summed E-state index contributed by atoms with van der Waals surface area (Å²) in [5.74, 6) is -1.20. The van der Waals surface area contributed by atoms with Gasteiger partial charge in [0, 0.05) is 12.2 Å². The second-order valence-electron chi connectivity index (χ2n) is 2.39. The first-order valence-electron chi connectivity index (χ1n) is 3.74. The summed E-state index contributed by atoms with van der Waals surface area (Å²) in [6, 6.07) is 0. The molecule has 0 aliphatic heterocycles. The summed E-state index contributed by atoms with van der Waals surface area (Å²) in [4.78, 5) is 21.0. The normalized spacial score (nSPS) is 12.8. The Morgan fingerprint density at radius 3 is 2.50 bits per heavy atom. The fourth-order valence-electron chi connectivity index (χ4n) is 0.471. The van der Waals surface area contributed by atoms with Gasteiger partial charge in [-0.3, -0.25) is 4.79 Å². The highest BCUT2D eigenvalue weighted by atomic mass is 16.5. The van der Waals surface area contributed by atoms with Crippen LogP contribution in [0.25, 0.3) is 0 Å². The second kappa shape index (κ2) is 5.35. The summed E-state index contributed by atoms with van der Waals surface area (Å²) in [7, 11) is 0. The van der Waals surface area contributed by atoms with Crippen LogP contribution >= 0.6 is 0 Å². The van der Waals surface area contributed by atoms with Crippen LogP contribution in [0.3, 0.4) is 0 Å². The molecular formula is C8H13NO3. The zero-order valence-electron chi connectivity index (χ0n) is 7.24. The molecule has 0 rings (SSSR count). The number of hydrogen-bond acceptors (Lipinski definition) is 3. The first-order valence-corrected chi connectivity index (χ1v) is 3.74. The molecule has 0 radical (unpaired) electrons. The highest BCUT2D eigenvalue weighted by Gasteiger charge is 2.03. The average molecular weight is 171 g/mol. The molecule has 0 fully saturated rings. The van der Waals surface area contributed by atoms with E-state index in [4.69, 9.17) is 10.5 Å². The lowest BCUT2D eigenvalue weighted by atomic mass is 10.3. The number of carbonyl (C=O) groups is 2. The van der Waals surface area contributed by atoms with Crippen LogP contribution in [0, 0.1) is 0 Å². The Morgan fingerprint density at radius 2 is 2.08 bits per heavy atom. The van der Waals surface area contributed by atoms with Gasteiger partial charge in [-0.1, -0.05) is 6.92 Å². The molecule has 0 aromatic rings. The van der Waals surface area contributed by atoms with Crippen LogP contribution in [0.15, 0.2) is 12.2 Å². The van der Waals surface area contributed by atoms with Crippen LogP contribution in [-0.2, 0) is 14.3 Å². The Hall–Kier alpha value is -1.32. The Balaban J connectivity index is 3.81. The van der Waals surface area contributed by atoms with Gasteiger partial charge >= 0.3 is 5.97 Å². The van der Waals surface area contributed by atoms with Crippen molar-refractivity contribution in [2.24, 2.45) is 5.73 Å².